The molecule has 1 aromatic heterocycles. The number of nitrogens with two attached hydrogens (primary N) is 2. The van der Waals surface area contributed by atoms with Crippen LogP contribution in [0, 0.1) is 10.1 Å². The van der Waals surface area contributed by atoms with E-state index in [4.69, 9.17) is 16.2 Å². The van der Waals surface area contributed by atoms with E-state index in [1.807, 2.05) is 24.3 Å². The molecule has 0 radical (unpaired) electrons. The quantitative estimate of drug-likeness (QED) is 0.410. The molecule has 1 atom stereocenters. The number of benzene rings is 2. The van der Waals surface area contributed by atoms with Gasteiger partial charge in [0.05, 0.1) is 29.5 Å². The van der Waals surface area contributed by atoms with Crippen molar-refractivity contribution in [2.24, 2.45) is 16.5 Å². The molecule has 3 heterocycles. The Bertz CT molecular complexity index is 1240. The number of pyridine rings is 1. The highest BCUT2D eigenvalue weighted by Crippen LogP contribution is 2.37. The van der Waals surface area contributed by atoms with Crippen LogP contribution in [0.4, 0.5) is 17.1 Å². The molecule has 10 heteroatoms. The monoisotopic (exact) mass is 445 g/mol. The fourth-order valence-electron chi connectivity index (χ4n) is 4.14. The maximum Gasteiger partial charge on any atom is 0.270 e. The van der Waals surface area contributed by atoms with Crippen molar-refractivity contribution in [2.75, 3.05) is 36.5 Å². The maximum absolute atomic E-state index is 11.3. The van der Waals surface area contributed by atoms with E-state index in [9.17, 15) is 10.1 Å². The van der Waals surface area contributed by atoms with Crippen LogP contribution in [0.15, 0.2) is 65.8 Å². The van der Waals surface area contributed by atoms with Gasteiger partial charge in [-0.15, -0.1) is 0 Å². The summed E-state index contributed by atoms with van der Waals surface area (Å²) in [4.78, 5) is 22.1. The third kappa shape index (κ3) is 3.86. The van der Waals surface area contributed by atoms with Gasteiger partial charge in [-0.05, 0) is 18.2 Å². The minimum Gasteiger partial charge on any atom is -0.383 e. The lowest BCUT2D eigenvalue weighted by molar-refractivity contribution is -0.384. The molecule has 0 saturated carbocycles. The molecule has 2 aromatic carbocycles. The molecular formula is C23H23N7O3. The molecule has 168 valence electrons. The third-order valence-corrected chi connectivity index (χ3v) is 5.85. The Morgan fingerprint density at radius 3 is 2.61 bits per heavy atom. The number of nitrogens with one attached hydrogen (secondary N) is 1. The summed E-state index contributed by atoms with van der Waals surface area (Å²) in [5, 5.41) is 14.5. The van der Waals surface area contributed by atoms with Crippen molar-refractivity contribution in [3.8, 4) is 11.3 Å². The molecule has 0 amide bonds. The van der Waals surface area contributed by atoms with Crippen LogP contribution < -0.4 is 21.7 Å². The summed E-state index contributed by atoms with van der Waals surface area (Å²) >= 11 is 0. The van der Waals surface area contributed by atoms with E-state index >= 15 is 0 Å². The van der Waals surface area contributed by atoms with Gasteiger partial charge in [-0.2, -0.15) is 0 Å². The molecule has 0 bridgehead atoms. The zero-order chi connectivity index (χ0) is 23.0. The summed E-state index contributed by atoms with van der Waals surface area (Å²) in [6.07, 6.45) is 1.59. The zero-order valence-corrected chi connectivity index (χ0v) is 17.8. The Morgan fingerprint density at radius 1 is 1.12 bits per heavy atom. The van der Waals surface area contributed by atoms with Gasteiger partial charge in [0.25, 0.3) is 5.69 Å². The molecule has 33 heavy (non-hydrogen) atoms. The van der Waals surface area contributed by atoms with E-state index in [0.717, 1.165) is 24.3 Å². The molecule has 3 aromatic rings. The molecule has 5 rings (SSSR count). The standard InChI is InChI=1S/C23H23N7O3/c24-22-19-8-9-26-20(15-2-1-3-18(14-15)30(31)32)21(19)27-23(25,28-22)16-4-6-17(7-5-16)29-10-12-33-13-11-29/h1-9,14,27H,10-13,25H2,(H2,24,28). The predicted octanol–water partition coefficient (Wildman–Crippen LogP) is 2.39. The number of ether oxygens (including phenoxy) is 1. The molecule has 5 N–H and O–H groups in total. The number of nitrogens with zero attached hydrogens (tertiary/aromatic N) is 4. The number of amidine groups is 1. The van der Waals surface area contributed by atoms with Crippen LogP contribution in [-0.2, 0) is 10.5 Å². The molecule has 0 aliphatic carbocycles. The second-order valence-electron chi connectivity index (χ2n) is 7.92. The smallest absolute Gasteiger partial charge is 0.270 e. The Morgan fingerprint density at radius 2 is 1.88 bits per heavy atom. The van der Waals surface area contributed by atoms with Gasteiger partial charge in [0.1, 0.15) is 5.84 Å². The van der Waals surface area contributed by atoms with Crippen molar-refractivity contribution >= 4 is 22.9 Å². The van der Waals surface area contributed by atoms with Crippen LogP contribution in [0.5, 0.6) is 0 Å². The normalized spacial score (nSPS) is 19.9. The Kier molecular flexibility index (Phi) is 5.15. The number of nitro groups is 1. The highest BCUT2D eigenvalue weighted by molar-refractivity contribution is 6.06. The van der Waals surface area contributed by atoms with Crippen LogP contribution >= 0.6 is 0 Å². The summed E-state index contributed by atoms with van der Waals surface area (Å²) in [6, 6.07) is 15.9. The van der Waals surface area contributed by atoms with Gasteiger partial charge in [-0.3, -0.25) is 20.8 Å². The number of aromatic nitrogens is 1. The van der Waals surface area contributed by atoms with Crippen molar-refractivity contribution in [1.82, 2.24) is 4.98 Å². The first-order chi connectivity index (χ1) is 15.9. The van der Waals surface area contributed by atoms with Crippen molar-refractivity contribution in [1.29, 1.82) is 0 Å². The molecule has 2 aliphatic rings. The lowest BCUT2D eigenvalue weighted by atomic mass is 9.99. The zero-order valence-electron chi connectivity index (χ0n) is 17.8. The van der Waals surface area contributed by atoms with Gasteiger partial charge in [0, 0.05) is 53.8 Å². The average Bonchev–Trinajstić information content (AvgIpc) is 2.84. The SMILES string of the molecule is NC1=NC(N)(c2ccc(N3CCOCC3)cc2)Nc2c1ccnc2-c1cccc([N+](=O)[O-])c1. The fraction of sp³-hybridized carbons (Fsp3) is 0.217. The summed E-state index contributed by atoms with van der Waals surface area (Å²) in [6.45, 7) is 3.08. The lowest BCUT2D eigenvalue weighted by Gasteiger charge is -2.34. The molecular weight excluding hydrogens is 422 g/mol. The lowest BCUT2D eigenvalue weighted by Crippen LogP contribution is -2.47. The van der Waals surface area contributed by atoms with Crippen LogP contribution in [0.1, 0.15) is 11.1 Å². The highest BCUT2D eigenvalue weighted by atomic mass is 16.6. The third-order valence-electron chi connectivity index (χ3n) is 5.85. The van der Waals surface area contributed by atoms with Crippen LogP contribution in [0.25, 0.3) is 11.3 Å². The number of rotatable bonds is 4. The van der Waals surface area contributed by atoms with E-state index in [2.05, 4.69) is 20.2 Å². The Hall–Kier alpha value is -4.02. The van der Waals surface area contributed by atoms with E-state index in [0.29, 0.717) is 35.7 Å². The Balaban J connectivity index is 1.52. The first-order valence-electron chi connectivity index (χ1n) is 10.5. The van der Waals surface area contributed by atoms with Gasteiger partial charge in [-0.1, -0.05) is 24.3 Å². The van der Waals surface area contributed by atoms with Gasteiger partial charge < -0.3 is 20.7 Å². The number of anilines is 2. The number of aliphatic imine (C=N–C) groups is 1. The molecule has 1 saturated heterocycles. The average molecular weight is 445 g/mol. The van der Waals surface area contributed by atoms with Gasteiger partial charge in [0.2, 0.25) is 5.79 Å². The molecule has 1 fully saturated rings. The van der Waals surface area contributed by atoms with Crippen LogP contribution in [0.2, 0.25) is 0 Å². The maximum atomic E-state index is 11.3. The largest absolute Gasteiger partial charge is 0.383 e. The topological polar surface area (TPSA) is 145 Å². The van der Waals surface area contributed by atoms with Crippen LogP contribution in [0.3, 0.4) is 0 Å². The number of fused-ring (bicyclic) bond motifs is 1. The van der Waals surface area contributed by atoms with Crippen molar-refractivity contribution in [2.45, 2.75) is 5.79 Å². The highest BCUT2D eigenvalue weighted by Gasteiger charge is 2.34. The van der Waals surface area contributed by atoms with Gasteiger partial charge in [0.15, 0.2) is 0 Å². The summed E-state index contributed by atoms with van der Waals surface area (Å²) in [7, 11) is 0. The van der Waals surface area contributed by atoms with Gasteiger partial charge >= 0.3 is 0 Å². The second kappa shape index (κ2) is 8.15. The Labute approximate surface area is 190 Å². The number of hydrogen-bond donors (Lipinski definition) is 3. The second-order valence-corrected chi connectivity index (χ2v) is 7.92. The van der Waals surface area contributed by atoms with Crippen molar-refractivity contribution < 1.29 is 9.66 Å². The summed E-state index contributed by atoms with van der Waals surface area (Å²) in [5.74, 6) is -1.06. The molecule has 10 nitrogen and oxygen atoms in total. The number of nitro benzene ring substituents is 1. The van der Waals surface area contributed by atoms with E-state index in [1.165, 1.54) is 12.1 Å². The van der Waals surface area contributed by atoms with Crippen molar-refractivity contribution in [3.05, 3.63) is 82.0 Å². The van der Waals surface area contributed by atoms with Gasteiger partial charge in [-0.25, -0.2) is 4.99 Å². The summed E-state index contributed by atoms with van der Waals surface area (Å²) < 4.78 is 5.42. The molecule has 2 aliphatic heterocycles. The van der Waals surface area contributed by atoms with E-state index < -0.39 is 10.7 Å². The number of hydrogen-bond acceptors (Lipinski definition) is 9. The predicted molar refractivity (Wildman–Crippen MR) is 126 cm³/mol. The van der Waals surface area contributed by atoms with Crippen LogP contribution in [-0.4, -0.2) is 42.0 Å². The summed E-state index contributed by atoms with van der Waals surface area (Å²) in [5.41, 5.74) is 17.1. The minimum absolute atomic E-state index is 0.0259. The van der Waals surface area contributed by atoms with Crippen molar-refractivity contribution in [3.63, 3.8) is 0 Å². The molecule has 0 spiro atoms. The van der Waals surface area contributed by atoms with E-state index in [-0.39, 0.29) is 11.5 Å². The first kappa shape index (κ1) is 20.9. The fourth-order valence-corrected chi connectivity index (χ4v) is 4.14. The number of morpholine rings is 1. The minimum atomic E-state index is -1.32. The van der Waals surface area contributed by atoms with E-state index in [1.54, 1.807) is 24.4 Å². The molecule has 1 unspecified atom stereocenters. The number of non-ortho nitro benzene ring substituents is 1. The first-order valence-corrected chi connectivity index (χ1v) is 10.5.